The number of hydrogen-bond donors (Lipinski definition) is 2. The van der Waals surface area contributed by atoms with E-state index in [2.05, 4.69) is 27.8 Å². The van der Waals surface area contributed by atoms with Gasteiger partial charge in [-0.2, -0.15) is 0 Å². The van der Waals surface area contributed by atoms with Crippen LogP contribution >= 0.6 is 11.8 Å². The second-order valence-corrected chi connectivity index (χ2v) is 12.3. The minimum absolute atomic E-state index is 0.0390. The van der Waals surface area contributed by atoms with E-state index in [1.165, 1.54) is 11.8 Å². The van der Waals surface area contributed by atoms with Crippen LogP contribution in [-0.2, 0) is 44.1 Å². The maximum absolute atomic E-state index is 13.2. The van der Waals surface area contributed by atoms with Crippen LogP contribution in [0.15, 0.2) is 84.0 Å². The zero-order valence-corrected chi connectivity index (χ0v) is 26.6. The number of benzene rings is 3. The molecule has 13 nitrogen and oxygen atoms in total. The summed E-state index contributed by atoms with van der Waals surface area (Å²) in [6.07, 6.45) is -2.26. The smallest absolute Gasteiger partial charge is 0.408 e. The van der Waals surface area contributed by atoms with Crippen molar-refractivity contribution in [3.05, 3.63) is 101 Å². The first-order chi connectivity index (χ1) is 22.8. The van der Waals surface area contributed by atoms with Crippen LogP contribution in [-0.4, -0.2) is 61.1 Å². The lowest BCUT2D eigenvalue weighted by molar-refractivity contribution is -0.268. The van der Waals surface area contributed by atoms with Crippen molar-refractivity contribution in [1.29, 1.82) is 0 Å². The van der Waals surface area contributed by atoms with E-state index in [-0.39, 0.29) is 37.8 Å². The topological polar surface area (TPSA) is 158 Å². The highest BCUT2D eigenvalue weighted by molar-refractivity contribution is 7.99. The van der Waals surface area contributed by atoms with Crippen LogP contribution in [0.5, 0.6) is 0 Å². The summed E-state index contributed by atoms with van der Waals surface area (Å²) in [5.41, 5.74) is 3.62. The van der Waals surface area contributed by atoms with Crippen molar-refractivity contribution < 1.29 is 33.7 Å². The first kappa shape index (κ1) is 32.3. The number of ether oxygens (including phenoxy) is 3. The Morgan fingerprint density at radius 2 is 1.72 bits per heavy atom. The van der Waals surface area contributed by atoms with E-state index in [1.54, 1.807) is 36.0 Å². The van der Waals surface area contributed by atoms with Gasteiger partial charge in [0.05, 0.1) is 30.9 Å². The molecule has 0 spiro atoms. The number of anilines is 1. The van der Waals surface area contributed by atoms with E-state index >= 15 is 0 Å². The van der Waals surface area contributed by atoms with Crippen molar-refractivity contribution in [2.24, 2.45) is 13.0 Å². The number of thioether (sulfide) groups is 1. The lowest BCUT2D eigenvalue weighted by Gasteiger charge is -2.41. The van der Waals surface area contributed by atoms with Gasteiger partial charge in [-0.05, 0) is 39.2 Å². The highest BCUT2D eigenvalue weighted by Gasteiger charge is 2.42. The Kier molecular flexibility index (Phi) is 9.92. The number of carbonyl (C=O) groups excluding carboxylic acids is 3. The van der Waals surface area contributed by atoms with Gasteiger partial charge in [-0.3, -0.25) is 9.59 Å². The van der Waals surface area contributed by atoms with Crippen LogP contribution in [0.1, 0.15) is 48.0 Å². The summed E-state index contributed by atoms with van der Waals surface area (Å²) in [6, 6.07) is 22.6. The number of aromatic nitrogens is 4. The van der Waals surface area contributed by atoms with Gasteiger partial charge in [0.1, 0.15) is 12.6 Å². The maximum Gasteiger partial charge on any atom is 0.408 e. The van der Waals surface area contributed by atoms with Crippen molar-refractivity contribution in [2.45, 2.75) is 56.3 Å². The maximum atomic E-state index is 13.2. The Morgan fingerprint density at radius 3 is 2.40 bits per heavy atom. The molecule has 0 bridgehead atoms. The van der Waals surface area contributed by atoms with Crippen LogP contribution in [0.2, 0.25) is 0 Å². The number of alkyl carbamates (subject to hydrolysis) is 1. The molecule has 14 heteroatoms. The molecule has 0 aliphatic carbocycles. The van der Waals surface area contributed by atoms with Crippen molar-refractivity contribution in [3.8, 4) is 0 Å². The van der Waals surface area contributed by atoms with Crippen LogP contribution in [0, 0.1) is 5.92 Å². The summed E-state index contributed by atoms with van der Waals surface area (Å²) in [7, 11) is 1.78. The number of aliphatic hydroxyl groups is 1. The lowest BCUT2D eigenvalue weighted by atomic mass is 9.91. The molecule has 0 saturated carbocycles. The Balaban J connectivity index is 1.14. The third kappa shape index (κ3) is 7.36. The van der Waals surface area contributed by atoms with Gasteiger partial charge >= 0.3 is 6.09 Å². The number of nitrogens with one attached hydrogen (secondary N) is 1. The summed E-state index contributed by atoms with van der Waals surface area (Å²) in [5, 5.41) is 24.4. The fourth-order valence-corrected chi connectivity index (χ4v) is 6.53. The molecule has 2 aliphatic rings. The molecule has 5 atom stereocenters. The van der Waals surface area contributed by atoms with Gasteiger partial charge in [0.2, 0.25) is 11.1 Å². The van der Waals surface area contributed by atoms with Gasteiger partial charge in [0.15, 0.2) is 6.29 Å². The molecule has 2 aliphatic heterocycles. The van der Waals surface area contributed by atoms with Crippen molar-refractivity contribution >= 4 is 35.4 Å². The van der Waals surface area contributed by atoms with E-state index in [4.69, 9.17) is 14.2 Å². The molecule has 1 unspecified atom stereocenters. The van der Waals surface area contributed by atoms with Crippen LogP contribution in [0.25, 0.3) is 0 Å². The lowest BCUT2D eigenvalue weighted by Crippen LogP contribution is -2.42. The fraction of sp³-hybridized carbons (Fsp3) is 0.333. The summed E-state index contributed by atoms with van der Waals surface area (Å²) >= 11 is 1.48. The van der Waals surface area contributed by atoms with E-state index < -0.39 is 30.2 Å². The molecular weight excluding hydrogens is 624 g/mol. The number of hydrogen-bond acceptors (Lipinski definition) is 11. The van der Waals surface area contributed by atoms with Crippen molar-refractivity contribution in [1.82, 2.24) is 25.5 Å². The van der Waals surface area contributed by atoms with Gasteiger partial charge in [0, 0.05) is 24.3 Å². The zero-order valence-electron chi connectivity index (χ0n) is 25.8. The summed E-state index contributed by atoms with van der Waals surface area (Å²) < 4.78 is 19.8. The monoisotopic (exact) mass is 658 g/mol. The van der Waals surface area contributed by atoms with Gasteiger partial charge in [-0.15, -0.1) is 5.10 Å². The molecule has 1 aromatic heterocycles. The van der Waals surface area contributed by atoms with Gasteiger partial charge in [-0.25, -0.2) is 14.4 Å². The quantitative estimate of drug-likeness (QED) is 0.188. The number of rotatable bonds is 10. The summed E-state index contributed by atoms with van der Waals surface area (Å²) in [4.78, 5) is 39.5. The SMILES string of the molecule is C[C@@H]1[C@H](CSc2nnnn2C)O[C@H](c2ccc(N3C(=O)CC(NC(=O)OCc4ccccc4)C3=O)cc2)O[C@@H]1c1ccc(CO)cc1. The van der Waals surface area contributed by atoms with Gasteiger partial charge in [0.25, 0.3) is 5.91 Å². The molecule has 6 rings (SSSR count). The van der Waals surface area contributed by atoms with Crippen LogP contribution < -0.4 is 10.2 Å². The normalized spacial score (nSPS) is 22.8. The molecule has 2 N–H and O–H groups in total. The van der Waals surface area contributed by atoms with Gasteiger partial charge in [-0.1, -0.05) is 85.4 Å². The molecule has 2 fully saturated rings. The molecule has 3 heterocycles. The minimum atomic E-state index is -1.03. The predicted octanol–water partition coefficient (Wildman–Crippen LogP) is 3.84. The molecule has 3 aromatic carbocycles. The summed E-state index contributed by atoms with van der Waals surface area (Å²) in [6.45, 7) is 2.06. The van der Waals surface area contributed by atoms with Crippen LogP contribution in [0.3, 0.4) is 0 Å². The van der Waals surface area contributed by atoms with Crippen LogP contribution in [0.4, 0.5) is 10.5 Å². The number of aliphatic hydroxyl groups excluding tert-OH is 1. The van der Waals surface area contributed by atoms with Crippen molar-refractivity contribution in [3.63, 3.8) is 0 Å². The molecule has 244 valence electrons. The minimum Gasteiger partial charge on any atom is -0.445 e. The van der Waals surface area contributed by atoms with E-state index in [0.717, 1.165) is 21.6 Å². The number of imide groups is 1. The standard InChI is InChI=1S/C33H34N6O7S/c1-20-27(19-47-32-35-36-37-38(32)2)45-31(46-29(20)23-10-8-21(17-40)9-11-23)24-12-14-25(15-13-24)39-28(41)16-26(30(39)42)34-33(43)44-18-22-6-4-3-5-7-22/h3-15,20,26-27,29,31,40H,16-19H2,1-2H3,(H,34,43)/t20-,26?,27+,29+,31+/m1/s1. The fourth-order valence-electron chi connectivity index (χ4n) is 5.51. The Labute approximate surface area is 275 Å². The molecule has 0 radical (unpaired) electrons. The molecule has 4 aromatic rings. The Morgan fingerprint density at radius 1 is 1.00 bits per heavy atom. The number of carbonyl (C=O) groups is 3. The van der Waals surface area contributed by atoms with E-state index in [1.807, 2.05) is 54.6 Å². The van der Waals surface area contributed by atoms with Gasteiger partial charge < -0.3 is 24.6 Å². The largest absolute Gasteiger partial charge is 0.445 e. The predicted molar refractivity (Wildman–Crippen MR) is 170 cm³/mol. The average molecular weight is 659 g/mol. The third-order valence-electron chi connectivity index (χ3n) is 8.16. The molecule has 2 saturated heterocycles. The van der Waals surface area contributed by atoms with E-state index in [9.17, 15) is 19.5 Å². The third-order valence-corrected chi connectivity index (χ3v) is 9.26. The number of nitrogens with zero attached hydrogens (tertiary/aromatic N) is 5. The zero-order chi connectivity index (χ0) is 32.9. The average Bonchev–Trinajstić information content (AvgIpc) is 3.63. The number of aryl methyl sites for hydroxylation is 1. The highest BCUT2D eigenvalue weighted by Crippen LogP contribution is 2.43. The summed E-state index contributed by atoms with van der Waals surface area (Å²) in [5.74, 6) is -0.447. The number of tetrazole rings is 1. The molecule has 3 amide bonds. The molecular formula is C33H34N6O7S. The molecule has 47 heavy (non-hydrogen) atoms. The van der Waals surface area contributed by atoms with Crippen molar-refractivity contribution in [2.75, 3.05) is 10.7 Å². The second-order valence-electron chi connectivity index (χ2n) is 11.3. The highest BCUT2D eigenvalue weighted by atomic mass is 32.2. The Hall–Kier alpha value is -4.63. The number of amides is 3. The van der Waals surface area contributed by atoms with E-state index in [0.29, 0.717) is 22.2 Å². The first-order valence-corrected chi connectivity index (χ1v) is 16.1. The second kappa shape index (κ2) is 14.4. The Bertz CT molecular complexity index is 1700. The first-order valence-electron chi connectivity index (χ1n) is 15.1.